The normalized spacial score (nSPS) is 33.8. The Morgan fingerprint density at radius 1 is 1.42 bits per heavy atom. The number of nitrogens with one attached hydrogen (secondary N) is 1. The van der Waals surface area contributed by atoms with Crippen molar-refractivity contribution >= 4 is 0 Å². The fraction of sp³-hybridized carbons (Fsp3) is 0.778. The number of hydrogen-bond acceptors (Lipinski definition) is 2. The third-order valence-corrected chi connectivity index (χ3v) is 2.92. The zero-order valence-electron chi connectivity index (χ0n) is 7.25. The summed E-state index contributed by atoms with van der Waals surface area (Å²) >= 11 is 0. The maximum absolute atomic E-state index is 4.52. The highest BCUT2D eigenvalue weighted by Crippen LogP contribution is 2.46. The number of aromatic nitrogens is 3. The molecule has 2 unspecified atom stereocenters. The lowest BCUT2D eigenvalue weighted by Gasteiger charge is -1.86. The Morgan fingerprint density at radius 2 is 2.17 bits per heavy atom. The third-order valence-electron chi connectivity index (χ3n) is 2.92. The van der Waals surface area contributed by atoms with Crippen molar-refractivity contribution in [3.63, 3.8) is 0 Å². The van der Waals surface area contributed by atoms with Gasteiger partial charge in [0, 0.05) is 11.8 Å². The largest absolute Gasteiger partial charge is 0.263 e. The van der Waals surface area contributed by atoms with E-state index in [4.69, 9.17) is 0 Å². The molecule has 1 aromatic heterocycles. The second-order valence-corrected chi connectivity index (χ2v) is 4.17. The lowest BCUT2D eigenvalue weighted by atomic mass is 10.3. The first-order valence-corrected chi connectivity index (χ1v) is 4.77. The average Bonchev–Trinajstić information content (AvgIpc) is 2.96. The van der Waals surface area contributed by atoms with Gasteiger partial charge >= 0.3 is 0 Å². The van der Waals surface area contributed by atoms with Crippen molar-refractivity contribution in [1.82, 2.24) is 15.2 Å². The highest BCUT2D eigenvalue weighted by molar-refractivity contribution is 5.12. The molecule has 1 heterocycles. The Labute approximate surface area is 71.6 Å². The van der Waals surface area contributed by atoms with Crippen molar-refractivity contribution in [2.45, 2.75) is 38.0 Å². The molecule has 0 bridgehead atoms. The first kappa shape index (κ1) is 6.63. The zero-order valence-corrected chi connectivity index (χ0v) is 7.25. The van der Waals surface area contributed by atoms with Gasteiger partial charge in [0.1, 0.15) is 5.82 Å². The fourth-order valence-corrected chi connectivity index (χ4v) is 1.68. The van der Waals surface area contributed by atoms with Crippen molar-refractivity contribution in [3.8, 4) is 0 Å². The van der Waals surface area contributed by atoms with Crippen molar-refractivity contribution in [2.75, 3.05) is 0 Å². The van der Waals surface area contributed by atoms with Crippen LogP contribution in [-0.4, -0.2) is 15.2 Å². The van der Waals surface area contributed by atoms with Gasteiger partial charge in [-0.1, -0.05) is 6.92 Å². The maximum Gasteiger partial charge on any atom is 0.153 e. The highest BCUT2D eigenvalue weighted by Gasteiger charge is 2.38. The summed E-state index contributed by atoms with van der Waals surface area (Å²) in [5, 5.41) is 7.30. The van der Waals surface area contributed by atoms with Crippen LogP contribution in [-0.2, 0) is 0 Å². The topological polar surface area (TPSA) is 41.6 Å². The van der Waals surface area contributed by atoms with Crippen LogP contribution in [0.4, 0.5) is 0 Å². The highest BCUT2D eigenvalue weighted by atomic mass is 15.2. The first-order chi connectivity index (χ1) is 5.84. The van der Waals surface area contributed by atoms with E-state index in [-0.39, 0.29) is 0 Å². The molecule has 3 rings (SSSR count). The number of nitrogens with zero attached hydrogens (tertiary/aromatic N) is 2. The van der Waals surface area contributed by atoms with Gasteiger partial charge in [0.2, 0.25) is 0 Å². The van der Waals surface area contributed by atoms with E-state index in [1.807, 2.05) is 0 Å². The lowest BCUT2D eigenvalue weighted by Crippen LogP contribution is -1.85. The van der Waals surface area contributed by atoms with Crippen LogP contribution in [0.3, 0.4) is 0 Å². The van der Waals surface area contributed by atoms with Gasteiger partial charge in [0.25, 0.3) is 0 Å². The van der Waals surface area contributed by atoms with E-state index < -0.39 is 0 Å². The molecule has 0 aromatic carbocycles. The molecule has 0 amide bonds. The number of H-pyrrole nitrogens is 1. The molecule has 1 N–H and O–H groups in total. The van der Waals surface area contributed by atoms with Crippen LogP contribution in [0, 0.1) is 5.92 Å². The van der Waals surface area contributed by atoms with Crippen molar-refractivity contribution in [3.05, 3.63) is 11.6 Å². The summed E-state index contributed by atoms with van der Waals surface area (Å²) in [6.07, 6.45) is 3.87. The molecule has 2 aliphatic carbocycles. The van der Waals surface area contributed by atoms with Crippen molar-refractivity contribution in [2.24, 2.45) is 5.92 Å². The predicted molar refractivity (Wildman–Crippen MR) is 44.9 cm³/mol. The molecule has 0 radical (unpaired) electrons. The Bertz CT molecular complexity index is 300. The molecule has 2 fully saturated rings. The van der Waals surface area contributed by atoms with E-state index in [2.05, 4.69) is 22.1 Å². The first-order valence-electron chi connectivity index (χ1n) is 4.77. The standard InChI is InChI=1S/C9H13N3/c1-5-4-7(5)9-10-8(11-12-9)6-2-3-6/h5-7H,2-4H2,1H3,(H,10,11,12). The van der Waals surface area contributed by atoms with Crippen LogP contribution in [0.1, 0.15) is 49.7 Å². The molecule has 2 aliphatic rings. The zero-order chi connectivity index (χ0) is 8.13. The average molecular weight is 163 g/mol. The van der Waals surface area contributed by atoms with E-state index in [1.165, 1.54) is 19.3 Å². The maximum atomic E-state index is 4.52. The quantitative estimate of drug-likeness (QED) is 0.722. The van der Waals surface area contributed by atoms with Gasteiger partial charge in [-0.25, -0.2) is 4.98 Å². The van der Waals surface area contributed by atoms with Crippen LogP contribution in [0.5, 0.6) is 0 Å². The Morgan fingerprint density at radius 3 is 2.75 bits per heavy atom. The summed E-state index contributed by atoms with van der Waals surface area (Å²) < 4.78 is 0. The number of rotatable bonds is 2. The monoisotopic (exact) mass is 163 g/mol. The van der Waals surface area contributed by atoms with Crippen LogP contribution in [0.2, 0.25) is 0 Å². The molecule has 12 heavy (non-hydrogen) atoms. The summed E-state index contributed by atoms with van der Waals surface area (Å²) in [5.74, 6) is 4.38. The SMILES string of the molecule is CC1CC1c1nc(C2CC2)n[nH]1. The summed E-state index contributed by atoms with van der Waals surface area (Å²) in [6.45, 7) is 2.27. The smallest absolute Gasteiger partial charge is 0.153 e. The number of aromatic amines is 1. The molecule has 3 nitrogen and oxygen atoms in total. The van der Waals surface area contributed by atoms with E-state index in [0.29, 0.717) is 11.8 Å². The molecular weight excluding hydrogens is 150 g/mol. The van der Waals surface area contributed by atoms with Crippen molar-refractivity contribution < 1.29 is 0 Å². The van der Waals surface area contributed by atoms with Crippen LogP contribution in [0.25, 0.3) is 0 Å². The summed E-state index contributed by atoms with van der Waals surface area (Å²) in [4.78, 5) is 4.52. The second-order valence-electron chi connectivity index (χ2n) is 4.17. The van der Waals surface area contributed by atoms with Gasteiger partial charge in [0.05, 0.1) is 0 Å². The lowest BCUT2D eigenvalue weighted by molar-refractivity contribution is 0.848. The van der Waals surface area contributed by atoms with Gasteiger partial charge in [-0.3, -0.25) is 5.10 Å². The van der Waals surface area contributed by atoms with Gasteiger partial charge in [-0.05, 0) is 25.2 Å². The van der Waals surface area contributed by atoms with Crippen LogP contribution in [0.15, 0.2) is 0 Å². The molecule has 0 saturated heterocycles. The number of hydrogen-bond donors (Lipinski definition) is 1. The fourth-order valence-electron chi connectivity index (χ4n) is 1.68. The Kier molecular flexibility index (Phi) is 1.15. The molecule has 2 saturated carbocycles. The molecule has 0 spiro atoms. The molecule has 64 valence electrons. The minimum Gasteiger partial charge on any atom is -0.263 e. The van der Waals surface area contributed by atoms with Gasteiger partial charge in [0.15, 0.2) is 5.82 Å². The molecular formula is C9H13N3. The molecule has 3 heteroatoms. The minimum atomic E-state index is 0.684. The molecule has 0 aliphatic heterocycles. The summed E-state index contributed by atoms with van der Waals surface area (Å²) in [5.41, 5.74) is 0. The van der Waals surface area contributed by atoms with Crippen LogP contribution >= 0.6 is 0 Å². The van der Waals surface area contributed by atoms with Gasteiger partial charge in [-0.2, -0.15) is 5.10 Å². The Hall–Kier alpha value is -0.860. The molecule has 1 aromatic rings. The van der Waals surface area contributed by atoms with E-state index in [1.54, 1.807) is 0 Å². The van der Waals surface area contributed by atoms with E-state index >= 15 is 0 Å². The third kappa shape index (κ3) is 0.958. The van der Waals surface area contributed by atoms with Gasteiger partial charge < -0.3 is 0 Å². The summed E-state index contributed by atoms with van der Waals surface area (Å²) in [7, 11) is 0. The molecule has 2 atom stereocenters. The van der Waals surface area contributed by atoms with E-state index in [0.717, 1.165) is 17.6 Å². The van der Waals surface area contributed by atoms with E-state index in [9.17, 15) is 0 Å². The van der Waals surface area contributed by atoms with Crippen LogP contribution < -0.4 is 0 Å². The Balaban J connectivity index is 1.83. The predicted octanol–water partition coefficient (Wildman–Crippen LogP) is 1.81. The second kappa shape index (κ2) is 2.09. The van der Waals surface area contributed by atoms with Gasteiger partial charge in [-0.15, -0.1) is 0 Å². The summed E-state index contributed by atoms with van der Waals surface area (Å²) in [6, 6.07) is 0. The van der Waals surface area contributed by atoms with Crippen molar-refractivity contribution in [1.29, 1.82) is 0 Å². The minimum absolute atomic E-state index is 0.684.